The molecular formula is C31H39ClN4O8S. The number of hydrogen-bond donors (Lipinski definition) is 4. The minimum atomic E-state index is -1.20. The first-order valence-electron chi connectivity index (χ1n) is 14.9. The number of fused-ring (bicyclic) bond motifs is 1. The first-order valence-corrected chi connectivity index (χ1v) is 16.3. The molecule has 4 amide bonds. The molecule has 244 valence electrons. The summed E-state index contributed by atoms with van der Waals surface area (Å²) < 4.78 is 0.997. The van der Waals surface area contributed by atoms with Gasteiger partial charge < -0.3 is 31.2 Å². The fourth-order valence-corrected chi connectivity index (χ4v) is 6.51. The Bertz CT molecular complexity index is 1430. The lowest BCUT2D eigenvalue weighted by Gasteiger charge is -2.37. The van der Waals surface area contributed by atoms with Crippen LogP contribution in [-0.2, 0) is 40.0 Å². The number of carboxylic acid groups (broad SMARTS) is 1. The summed E-state index contributed by atoms with van der Waals surface area (Å²) in [6.45, 7) is 1.58. The highest BCUT2D eigenvalue weighted by Crippen LogP contribution is 2.28. The van der Waals surface area contributed by atoms with Crippen molar-refractivity contribution in [1.82, 2.24) is 15.5 Å². The van der Waals surface area contributed by atoms with Gasteiger partial charge in [-0.05, 0) is 61.4 Å². The fourth-order valence-electron chi connectivity index (χ4n) is 5.46. The van der Waals surface area contributed by atoms with Crippen LogP contribution in [0.4, 0.5) is 0 Å². The third kappa shape index (κ3) is 10.4. The van der Waals surface area contributed by atoms with Gasteiger partial charge in [-0.25, -0.2) is 0 Å². The number of rotatable bonds is 17. The van der Waals surface area contributed by atoms with Crippen molar-refractivity contribution in [2.24, 2.45) is 11.7 Å². The minimum Gasteiger partial charge on any atom is -0.481 e. The predicted molar refractivity (Wildman–Crippen MR) is 169 cm³/mol. The van der Waals surface area contributed by atoms with Crippen molar-refractivity contribution in [3.63, 3.8) is 0 Å². The SMILES string of the molecule is CC(=O)CC[C@H](CC(=O)[C@H](Cc1csc2ccccc12)NC(=O)[C@@H]1CCCCN1C(=O)[C@H](CCC(=O)O)NC(=O)CCl)C(N)=O. The third-order valence-corrected chi connectivity index (χ3v) is 9.13. The Morgan fingerprint density at radius 2 is 1.78 bits per heavy atom. The van der Waals surface area contributed by atoms with Crippen LogP contribution in [-0.4, -0.2) is 81.7 Å². The summed E-state index contributed by atoms with van der Waals surface area (Å²) >= 11 is 7.10. The molecule has 0 spiro atoms. The van der Waals surface area contributed by atoms with Gasteiger partial charge in [-0.15, -0.1) is 22.9 Å². The van der Waals surface area contributed by atoms with Crippen LogP contribution < -0.4 is 16.4 Å². The first kappa shape index (κ1) is 35.6. The number of aliphatic carboxylic acids is 1. The van der Waals surface area contributed by atoms with Crippen LogP contribution in [0.15, 0.2) is 29.6 Å². The molecule has 14 heteroatoms. The number of amides is 4. The average Bonchev–Trinajstić information content (AvgIpc) is 3.42. The molecule has 1 aromatic carbocycles. The highest BCUT2D eigenvalue weighted by Gasteiger charge is 2.38. The Morgan fingerprint density at radius 3 is 2.44 bits per heavy atom. The molecule has 1 aromatic heterocycles. The third-order valence-electron chi connectivity index (χ3n) is 7.88. The molecule has 1 aliphatic heterocycles. The van der Waals surface area contributed by atoms with Crippen molar-refractivity contribution in [2.45, 2.75) is 82.8 Å². The largest absolute Gasteiger partial charge is 0.481 e. The van der Waals surface area contributed by atoms with E-state index in [1.807, 2.05) is 29.6 Å². The maximum absolute atomic E-state index is 13.8. The van der Waals surface area contributed by atoms with Crippen molar-refractivity contribution in [2.75, 3.05) is 12.4 Å². The van der Waals surface area contributed by atoms with Crippen LogP contribution in [0.1, 0.15) is 63.9 Å². The van der Waals surface area contributed by atoms with Crippen LogP contribution >= 0.6 is 22.9 Å². The second-order valence-electron chi connectivity index (χ2n) is 11.3. The Hall–Kier alpha value is -3.84. The number of carbonyl (C=O) groups is 7. The van der Waals surface area contributed by atoms with Gasteiger partial charge in [0.1, 0.15) is 23.7 Å². The molecule has 1 fully saturated rings. The van der Waals surface area contributed by atoms with Crippen molar-refractivity contribution < 1.29 is 38.7 Å². The summed E-state index contributed by atoms with van der Waals surface area (Å²) in [4.78, 5) is 89.4. The molecule has 12 nitrogen and oxygen atoms in total. The van der Waals surface area contributed by atoms with E-state index in [2.05, 4.69) is 10.6 Å². The van der Waals surface area contributed by atoms with Crippen LogP contribution in [0.3, 0.4) is 0 Å². The standard InChI is InChI=1S/C31H39ClN4O8S/c1-18(37)9-10-19(29(33)42)15-25(38)23(14-20-17-45-26-8-3-2-6-21(20)26)35-30(43)24-7-4-5-13-36(24)31(44)22(11-12-28(40)41)34-27(39)16-32/h2-3,6,8,17,19,22-24H,4-5,7,9-16H2,1H3,(H2,33,42)(H,34,39)(H,35,43)(H,40,41)/t19-,22+,23+,24+/m1/s1. The van der Waals surface area contributed by atoms with Gasteiger partial charge in [0.2, 0.25) is 23.6 Å². The zero-order chi connectivity index (χ0) is 33.1. The molecule has 2 heterocycles. The molecule has 0 aliphatic carbocycles. The smallest absolute Gasteiger partial charge is 0.303 e. The van der Waals surface area contributed by atoms with Gasteiger partial charge in [0.15, 0.2) is 5.78 Å². The first-order chi connectivity index (χ1) is 21.4. The van der Waals surface area contributed by atoms with E-state index in [-0.39, 0.29) is 57.3 Å². The molecule has 2 aromatic rings. The fraction of sp³-hybridized carbons (Fsp3) is 0.516. The molecule has 45 heavy (non-hydrogen) atoms. The molecule has 0 radical (unpaired) electrons. The quantitative estimate of drug-likeness (QED) is 0.185. The van der Waals surface area contributed by atoms with Crippen molar-refractivity contribution >= 4 is 74.2 Å². The molecular weight excluding hydrogens is 624 g/mol. The van der Waals surface area contributed by atoms with Crippen molar-refractivity contribution in [3.05, 3.63) is 35.2 Å². The number of nitrogens with zero attached hydrogens (tertiary/aromatic N) is 1. The second kappa shape index (κ2) is 17.0. The number of nitrogens with two attached hydrogens (primary N) is 1. The maximum atomic E-state index is 13.8. The lowest BCUT2D eigenvalue weighted by Crippen LogP contribution is -2.59. The summed E-state index contributed by atoms with van der Waals surface area (Å²) in [6, 6.07) is 4.38. The number of benzene rings is 1. The van der Waals surface area contributed by atoms with Crippen molar-refractivity contribution in [1.29, 1.82) is 0 Å². The average molecular weight is 663 g/mol. The number of hydrogen-bond acceptors (Lipinski definition) is 8. The Morgan fingerprint density at radius 1 is 1.04 bits per heavy atom. The van der Waals surface area contributed by atoms with Gasteiger partial charge in [0.25, 0.3) is 0 Å². The van der Waals surface area contributed by atoms with Gasteiger partial charge in [-0.1, -0.05) is 18.2 Å². The topological polar surface area (TPSA) is 193 Å². The van der Waals surface area contributed by atoms with Crippen LogP contribution in [0.25, 0.3) is 10.1 Å². The van der Waals surface area contributed by atoms with E-state index < -0.39 is 65.3 Å². The molecule has 4 atom stereocenters. The number of alkyl halides is 1. The monoisotopic (exact) mass is 662 g/mol. The number of carbonyl (C=O) groups excluding carboxylic acids is 6. The molecule has 1 aliphatic rings. The Labute approximate surface area is 270 Å². The van der Waals surface area contributed by atoms with Crippen LogP contribution in [0, 0.1) is 5.92 Å². The lowest BCUT2D eigenvalue weighted by atomic mass is 9.90. The van der Waals surface area contributed by atoms with E-state index in [4.69, 9.17) is 22.4 Å². The van der Waals surface area contributed by atoms with Gasteiger partial charge in [-0.3, -0.25) is 28.8 Å². The number of piperidine rings is 1. The Balaban J connectivity index is 1.87. The molecule has 0 unspecified atom stereocenters. The van der Waals surface area contributed by atoms with Crippen LogP contribution in [0.5, 0.6) is 0 Å². The lowest BCUT2D eigenvalue weighted by molar-refractivity contribution is -0.146. The molecule has 0 saturated carbocycles. The number of thiophene rings is 1. The van der Waals surface area contributed by atoms with E-state index >= 15 is 0 Å². The number of halogens is 1. The van der Waals surface area contributed by atoms with E-state index in [1.54, 1.807) is 0 Å². The number of Topliss-reactive ketones (excluding diaryl/α,β-unsaturated/α-hetero) is 2. The Kier molecular flexibility index (Phi) is 13.5. The molecule has 5 N–H and O–H groups in total. The molecule has 0 bridgehead atoms. The van der Waals surface area contributed by atoms with E-state index in [0.29, 0.717) is 12.8 Å². The van der Waals surface area contributed by atoms with E-state index in [1.165, 1.54) is 23.2 Å². The highest BCUT2D eigenvalue weighted by atomic mass is 35.5. The zero-order valence-corrected chi connectivity index (χ0v) is 26.7. The number of primary amides is 1. The van der Waals surface area contributed by atoms with Gasteiger partial charge >= 0.3 is 5.97 Å². The summed E-state index contributed by atoms with van der Waals surface area (Å²) in [7, 11) is 0. The normalized spacial score (nSPS) is 16.8. The highest BCUT2D eigenvalue weighted by molar-refractivity contribution is 7.17. The maximum Gasteiger partial charge on any atom is 0.303 e. The molecule has 3 rings (SSSR count). The van der Waals surface area contributed by atoms with Gasteiger partial charge in [0.05, 0.1) is 6.04 Å². The van der Waals surface area contributed by atoms with E-state index in [0.717, 1.165) is 15.6 Å². The van der Waals surface area contributed by atoms with Crippen LogP contribution in [0.2, 0.25) is 0 Å². The van der Waals surface area contributed by atoms with Gasteiger partial charge in [0, 0.05) is 42.8 Å². The summed E-state index contributed by atoms with van der Waals surface area (Å²) in [5, 5.41) is 17.3. The number of nitrogens with one attached hydrogen (secondary N) is 2. The number of carboxylic acids is 1. The minimum absolute atomic E-state index is 0.0789. The molecule has 1 saturated heterocycles. The summed E-state index contributed by atoms with van der Waals surface area (Å²) in [5.74, 6) is -5.62. The second-order valence-corrected chi connectivity index (χ2v) is 12.4. The summed E-state index contributed by atoms with van der Waals surface area (Å²) in [5.41, 5.74) is 6.38. The van der Waals surface area contributed by atoms with E-state index in [9.17, 15) is 33.6 Å². The predicted octanol–water partition coefficient (Wildman–Crippen LogP) is 2.33. The summed E-state index contributed by atoms with van der Waals surface area (Å²) in [6.07, 6.45) is 0.956. The number of likely N-dealkylation sites (tertiary alicyclic amines) is 1. The zero-order valence-electron chi connectivity index (χ0n) is 25.1. The van der Waals surface area contributed by atoms with Crippen molar-refractivity contribution in [3.8, 4) is 0 Å². The van der Waals surface area contributed by atoms with Gasteiger partial charge in [-0.2, -0.15) is 0 Å². The number of ketones is 2.